The largest absolute Gasteiger partial charge is 0.452 e. The van der Waals surface area contributed by atoms with Crippen LogP contribution < -0.4 is 5.32 Å². The van der Waals surface area contributed by atoms with E-state index in [1.807, 2.05) is 42.5 Å². The Kier molecular flexibility index (Phi) is 5.94. The number of hydrogen-bond acceptors (Lipinski definition) is 3. The zero-order chi connectivity index (χ0) is 19.1. The van der Waals surface area contributed by atoms with E-state index in [-0.39, 0.29) is 19.0 Å². The fourth-order valence-corrected chi connectivity index (χ4v) is 2.50. The fraction of sp³-hybridized carbons (Fsp3) is 0.0909. The third-order valence-electron chi connectivity index (χ3n) is 3.97. The van der Waals surface area contributed by atoms with Crippen LogP contribution in [-0.4, -0.2) is 18.5 Å². The minimum Gasteiger partial charge on any atom is -0.452 e. The van der Waals surface area contributed by atoms with Gasteiger partial charge in [-0.2, -0.15) is 0 Å². The van der Waals surface area contributed by atoms with Crippen LogP contribution in [0.1, 0.15) is 15.9 Å². The lowest BCUT2D eigenvalue weighted by molar-refractivity contribution is -0.124. The number of nitrogens with one attached hydrogen (secondary N) is 1. The van der Waals surface area contributed by atoms with Crippen molar-refractivity contribution in [1.29, 1.82) is 0 Å². The topological polar surface area (TPSA) is 55.4 Å². The van der Waals surface area contributed by atoms with E-state index in [2.05, 4.69) is 5.32 Å². The van der Waals surface area contributed by atoms with E-state index in [0.29, 0.717) is 5.56 Å². The van der Waals surface area contributed by atoms with Gasteiger partial charge in [-0.15, -0.1) is 0 Å². The first-order chi connectivity index (χ1) is 13.1. The predicted octanol–water partition coefficient (Wildman–Crippen LogP) is 3.97. The summed E-state index contributed by atoms with van der Waals surface area (Å²) in [6.45, 7) is -0.136. The zero-order valence-corrected chi connectivity index (χ0v) is 14.5. The first-order valence-corrected chi connectivity index (χ1v) is 8.45. The summed E-state index contributed by atoms with van der Waals surface area (Å²) in [5.41, 5.74) is 3.18. The Morgan fingerprint density at radius 2 is 1.44 bits per heavy atom. The van der Waals surface area contributed by atoms with Gasteiger partial charge < -0.3 is 10.1 Å². The van der Waals surface area contributed by atoms with Crippen molar-refractivity contribution in [2.24, 2.45) is 0 Å². The number of ether oxygens (including phenoxy) is 1. The van der Waals surface area contributed by atoms with Crippen LogP contribution in [0.3, 0.4) is 0 Å². The minimum absolute atomic E-state index is 0.239. The summed E-state index contributed by atoms with van der Waals surface area (Å²) >= 11 is 0. The Balaban J connectivity index is 1.48. The normalized spacial score (nSPS) is 10.3. The second kappa shape index (κ2) is 8.76. The molecule has 27 heavy (non-hydrogen) atoms. The van der Waals surface area contributed by atoms with Crippen LogP contribution in [0.25, 0.3) is 11.1 Å². The Hall–Kier alpha value is -3.47. The first-order valence-electron chi connectivity index (χ1n) is 8.45. The number of carbonyl (C=O) groups excluding carboxylic acids is 2. The summed E-state index contributed by atoms with van der Waals surface area (Å²) in [6.07, 6.45) is 0. The Labute approximate surface area is 156 Å². The SMILES string of the molecule is O=C(COC(=O)c1ccc(-c2ccccc2)cc1)NCc1ccc(F)cc1. The first kappa shape index (κ1) is 18.3. The monoisotopic (exact) mass is 363 g/mol. The van der Waals surface area contributed by atoms with Gasteiger partial charge in [-0.05, 0) is 41.0 Å². The molecule has 5 heteroatoms. The number of rotatable bonds is 6. The van der Waals surface area contributed by atoms with Gasteiger partial charge in [0.25, 0.3) is 5.91 Å². The molecule has 1 amide bonds. The number of amides is 1. The highest BCUT2D eigenvalue weighted by Gasteiger charge is 2.10. The average molecular weight is 363 g/mol. The number of halogens is 1. The van der Waals surface area contributed by atoms with Crippen LogP contribution in [0.2, 0.25) is 0 Å². The molecule has 0 aromatic heterocycles. The van der Waals surface area contributed by atoms with E-state index >= 15 is 0 Å². The van der Waals surface area contributed by atoms with Gasteiger partial charge in [0.2, 0.25) is 0 Å². The molecular formula is C22H18FNO3. The molecule has 0 radical (unpaired) electrons. The molecule has 3 aromatic rings. The molecule has 0 fully saturated rings. The molecule has 0 heterocycles. The van der Waals surface area contributed by atoms with Gasteiger partial charge in [-0.1, -0.05) is 54.6 Å². The molecule has 3 aromatic carbocycles. The third kappa shape index (κ3) is 5.25. The molecule has 1 N–H and O–H groups in total. The molecule has 136 valence electrons. The molecule has 0 aliphatic heterocycles. The number of hydrogen-bond donors (Lipinski definition) is 1. The summed E-state index contributed by atoms with van der Waals surface area (Å²) < 4.78 is 17.9. The molecule has 0 bridgehead atoms. The molecule has 0 unspecified atom stereocenters. The van der Waals surface area contributed by atoms with Gasteiger partial charge in [-0.3, -0.25) is 4.79 Å². The van der Waals surface area contributed by atoms with E-state index < -0.39 is 11.9 Å². The Morgan fingerprint density at radius 3 is 2.11 bits per heavy atom. The lowest BCUT2D eigenvalue weighted by Gasteiger charge is -2.07. The zero-order valence-electron chi connectivity index (χ0n) is 14.5. The van der Waals surface area contributed by atoms with E-state index in [1.165, 1.54) is 12.1 Å². The molecule has 0 spiro atoms. The van der Waals surface area contributed by atoms with Crippen LogP contribution in [0.4, 0.5) is 4.39 Å². The molecule has 3 rings (SSSR count). The standard InChI is InChI=1S/C22H18FNO3/c23-20-12-6-16(7-13-20)14-24-21(25)15-27-22(26)19-10-8-18(9-11-19)17-4-2-1-3-5-17/h1-13H,14-15H2,(H,24,25). The number of benzene rings is 3. The van der Waals surface area contributed by atoms with Crippen molar-refractivity contribution in [2.75, 3.05) is 6.61 Å². The van der Waals surface area contributed by atoms with Crippen LogP contribution in [0.15, 0.2) is 78.9 Å². The lowest BCUT2D eigenvalue weighted by atomic mass is 10.0. The summed E-state index contributed by atoms with van der Waals surface area (Å²) in [4.78, 5) is 23.9. The van der Waals surface area contributed by atoms with Crippen molar-refractivity contribution in [3.05, 3.63) is 95.8 Å². The van der Waals surface area contributed by atoms with Gasteiger partial charge >= 0.3 is 5.97 Å². The van der Waals surface area contributed by atoms with E-state index in [4.69, 9.17) is 4.74 Å². The number of esters is 1. The minimum atomic E-state index is -0.563. The fourth-order valence-electron chi connectivity index (χ4n) is 2.50. The van der Waals surface area contributed by atoms with Crippen molar-refractivity contribution in [2.45, 2.75) is 6.54 Å². The highest BCUT2D eigenvalue weighted by atomic mass is 19.1. The predicted molar refractivity (Wildman–Crippen MR) is 100 cm³/mol. The second-order valence-electron chi connectivity index (χ2n) is 5.92. The third-order valence-corrected chi connectivity index (χ3v) is 3.97. The molecule has 0 aliphatic carbocycles. The summed E-state index contributed by atoms with van der Waals surface area (Å²) in [7, 11) is 0. The average Bonchev–Trinajstić information content (AvgIpc) is 2.72. The summed E-state index contributed by atoms with van der Waals surface area (Å²) in [5.74, 6) is -1.32. The highest BCUT2D eigenvalue weighted by molar-refractivity contribution is 5.91. The van der Waals surface area contributed by atoms with E-state index in [9.17, 15) is 14.0 Å². The lowest BCUT2D eigenvalue weighted by Crippen LogP contribution is -2.28. The maximum absolute atomic E-state index is 12.8. The molecule has 0 saturated carbocycles. The van der Waals surface area contributed by atoms with Gasteiger partial charge in [-0.25, -0.2) is 9.18 Å². The van der Waals surface area contributed by atoms with Crippen LogP contribution >= 0.6 is 0 Å². The second-order valence-corrected chi connectivity index (χ2v) is 5.92. The molecular weight excluding hydrogens is 345 g/mol. The van der Waals surface area contributed by atoms with Crippen LogP contribution in [0.5, 0.6) is 0 Å². The van der Waals surface area contributed by atoms with Crippen molar-refractivity contribution >= 4 is 11.9 Å². The van der Waals surface area contributed by atoms with Crippen molar-refractivity contribution in [3.63, 3.8) is 0 Å². The maximum atomic E-state index is 12.8. The number of carbonyl (C=O) groups is 2. The van der Waals surface area contributed by atoms with Crippen LogP contribution in [0, 0.1) is 5.82 Å². The van der Waals surface area contributed by atoms with Crippen molar-refractivity contribution in [3.8, 4) is 11.1 Å². The molecule has 0 saturated heterocycles. The van der Waals surface area contributed by atoms with Crippen molar-refractivity contribution < 1.29 is 18.7 Å². The molecule has 0 atom stereocenters. The van der Waals surface area contributed by atoms with Gasteiger partial charge in [0.1, 0.15) is 5.82 Å². The summed E-state index contributed by atoms with van der Waals surface area (Å²) in [5, 5.41) is 2.62. The van der Waals surface area contributed by atoms with Gasteiger partial charge in [0, 0.05) is 6.54 Å². The van der Waals surface area contributed by atoms with Gasteiger partial charge in [0.05, 0.1) is 5.56 Å². The van der Waals surface area contributed by atoms with Crippen molar-refractivity contribution in [1.82, 2.24) is 5.32 Å². The van der Waals surface area contributed by atoms with Gasteiger partial charge in [0.15, 0.2) is 6.61 Å². The molecule has 4 nitrogen and oxygen atoms in total. The van der Waals surface area contributed by atoms with E-state index in [0.717, 1.165) is 16.7 Å². The quantitative estimate of drug-likeness (QED) is 0.675. The smallest absolute Gasteiger partial charge is 0.338 e. The summed E-state index contributed by atoms with van der Waals surface area (Å²) in [6, 6.07) is 22.6. The maximum Gasteiger partial charge on any atom is 0.338 e. The van der Waals surface area contributed by atoms with Crippen LogP contribution in [-0.2, 0) is 16.1 Å². The highest BCUT2D eigenvalue weighted by Crippen LogP contribution is 2.19. The Bertz CT molecular complexity index is 907. The molecule has 0 aliphatic rings. The van der Waals surface area contributed by atoms with E-state index in [1.54, 1.807) is 24.3 Å². The Morgan fingerprint density at radius 1 is 0.815 bits per heavy atom.